The summed E-state index contributed by atoms with van der Waals surface area (Å²) < 4.78 is 49.5. The summed E-state index contributed by atoms with van der Waals surface area (Å²) in [4.78, 5) is 32.4. The zero-order chi connectivity index (χ0) is 27.3. The Morgan fingerprint density at radius 3 is 2.74 bits per heavy atom. The third kappa shape index (κ3) is 7.10. The third-order valence-electron chi connectivity index (χ3n) is 6.53. The molecule has 1 aromatic heterocycles. The lowest BCUT2D eigenvalue weighted by molar-refractivity contribution is -0.141. The molecule has 2 aromatic rings. The van der Waals surface area contributed by atoms with Crippen molar-refractivity contribution in [2.45, 2.75) is 44.8 Å². The first-order valence-corrected chi connectivity index (χ1v) is 14.1. The van der Waals surface area contributed by atoms with E-state index in [1.807, 2.05) is 0 Å². The number of hydrogen-bond acceptors (Lipinski definition) is 9. The van der Waals surface area contributed by atoms with Gasteiger partial charge in [0.05, 0.1) is 34.1 Å². The normalized spacial score (nSPS) is 20.1. The molecule has 1 saturated heterocycles. The van der Waals surface area contributed by atoms with E-state index in [2.05, 4.69) is 4.98 Å². The van der Waals surface area contributed by atoms with Crippen LogP contribution in [0.2, 0.25) is 5.15 Å². The van der Waals surface area contributed by atoms with Gasteiger partial charge in [0, 0.05) is 36.4 Å². The highest BCUT2D eigenvalue weighted by Crippen LogP contribution is 2.38. The Morgan fingerprint density at radius 2 is 2.05 bits per heavy atom. The van der Waals surface area contributed by atoms with Gasteiger partial charge in [-0.3, -0.25) is 4.79 Å². The zero-order valence-corrected chi connectivity index (χ0v) is 22.4. The van der Waals surface area contributed by atoms with Crippen molar-refractivity contribution in [2.75, 3.05) is 25.5 Å². The Morgan fingerprint density at radius 1 is 1.26 bits per heavy atom. The fourth-order valence-electron chi connectivity index (χ4n) is 4.61. The number of carbonyl (C=O) groups is 2. The molecular weight excluding hydrogens is 536 g/mol. The first-order chi connectivity index (χ1) is 18.1. The summed E-state index contributed by atoms with van der Waals surface area (Å²) in [6.45, 7) is 2.23. The minimum atomic E-state index is -4.43. The van der Waals surface area contributed by atoms with Gasteiger partial charge in [0.2, 0.25) is 5.91 Å². The molecule has 2 aliphatic rings. The third-order valence-corrected chi connectivity index (χ3v) is 7.42. The van der Waals surface area contributed by atoms with E-state index in [4.69, 9.17) is 25.8 Å². The number of amides is 1. The molecule has 0 bridgehead atoms. The number of benzene rings is 1. The van der Waals surface area contributed by atoms with Crippen molar-refractivity contribution in [3.05, 3.63) is 70.1 Å². The average Bonchev–Trinajstić information content (AvgIpc) is 3.38. The van der Waals surface area contributed by atoms with Crippen molar-refractivity contribution in [2.24, 2.45) is 0 Å². The molecule has 10 nitrogen and oxygen atoms in total. The van der Waals surface area contributed by atoms with Gasteiger partial charge in [-0.25, -0.2) is 18.2 Å². The van der Waals surface area contributed by atoms with Crippen LogP contribution in [0.3, 0.4) is 0 Å². The van der Waals surface area contributed by atoms with Gasteiger partial charge in [-0.15, -0.1) is 0 Å². The molecule has 1 fully saturated rings. The molecule has 204 valence electrons. The standard InChI is InChI=1S/C26H29ClN2O8S/c1-17-25(26(31)37-16-19-5-2-3-7-22(19)36-11-12-38(32,33)34)21(18-8-9-23(27)28-14-18)13-24(30)29(17)15-20-6-4-10-35-20/h2-3,5,7-9,14,20-21H,4,6,10-13,15-16H2,1H3,(H,32,33,34)/p-1/t20-,21+/m1/s1. The number of ether oxygens (including phenoxy) is 3. The largest absolute Gasteiger partial charge is 0.748 e. The number of aromatic nitrogens is 1. The van der Waals surface area contributed by atoms with E-state index in [1.54, 1.807) is 54.4 Å². The van der Waals surface area contributed by atoms with Crippen LogP contribution in [-0.4, -0.2) is 66.3 Å². The molecule has 2 atom stereocenters. The second-order valence-electron chi connectivity index (χ2n) is 9.10. The van der Waals surface area contributed by atoms with Crippen molar-refractivity contribution in [3.63, 3.8) is 0 Å². The summed E-state index contributed by atoms with van der Waals surface area (Å²) in [7, 11) is -4.43. The zero-order valence-electron chi connectivity index (χ0n) is 20.8. The molecule has 0 saturated carbocycles. The van der Waals surface area contributed by atoms with Crippen LogP contribution in [0.1, 0.15) is 43.2 Å². The molecule has 0 radical (unpaired) electrons. The lowest BCUT2D eigenvalue weighted by atomic mass is 9.84. The second kappa shape index (κ2) is 12.2. The second-order valence-corrected chi connectivity index (χ2v) is 11.0. The lowest BCUT2D eigenvalue weighted by Crippen LogP contribution is -2.42. The van der Waals surface area contributed by atoms with E-state index in [1.165, 1.54) is 0 Å². The molecule has 4 rings (SSSR count). The number of carbonyl (C=O) groups excluding carboxylic acids is 2. The van der Waals surface area contributed by atoms with E-state index in [0.717, 1.165) is 12.8 Å². The molecule has 0 unspecified atom stereocenters. The maximum absolute atomic E-state index is 13.5. The minimum Gasteiger partial charge on any atom is -0.748 e. The van der Waals surface area contributed by atoms with Crippen LogP contribution < -0.4 is 4.74 Å². The number of rotatable bonds is 10. The fourth-order valence-corrected chi connectivity index (χ4v) is 5.01. The van der Waals surface area contributed by atoms with Gasteiger partial charge >= 0.3 is 5.97 Å². The van der Waals surface area contributed by atoms with E-state index in [9.17, 15) is 22.6 Å². The summed E-state index contributed by atoms with van der Waals surface area (Å²) in [5.41, 5.74) is 1.98. The molecular formula is C26H28ClN2O8S-. The predicted molar refractivity (Wildman–Crippen MR) is 136 cm³/mol. The molecule has 3 heterocycles. The highest BCUT2D eigenvalue weighted by Gasteiger charge is 2.38. The Labute approximate surface area is 226 Å². The Hall–Kier alpha value is -2.99. The quantitative estimate of drug-likeness (QED) is 0.242. The molecule has 0 aliphatic carbocycles. The van der Waals surface area contributed by atoms with E-state index in [-0.39, 0.29) is 31.6 Å². The molecule has 2 aliphatic heterocycles. The van der Waals surface area contributed by atoms with Crippen LogP contribution in [0.15, 0.2) is 53.9 Å². The Kier molecular flexibility index (Phi) is 9.03. The number of allylic oxidation sites excluding steroid dienone is 1. The summed E-state index contributed by atoms with van der Waals surface area (Å²) in [5.74, 6) is -1.69. The number of nitrogens with zero attached hydrogens (tertiary/aromatic N) is 2. The summed E-state index contributed by atoms with van der Waals surface area (Å²) in [5, 5.41) is 0.294. The number of pyridine rings is 1. The van der Waals surface area contributed by atoms with Crippen LogP contribution in [0, 0.1) is 0 Å². The molecule has 38 heavy (non-hydrogen) atoms. The smallest absolute Gasteiger partial charge is 0.336 e. The van der Waals surface area contributed by atoms with E-state index in [0.29, 0.717) is 46.5 Å². The Bertz CT molecular complexity index is 1310. The van der Waals surface area contributed by atoms with Gasteiger partial charge < -0.3 is 23.7 Å². The number of para-hydroxylation sites is 1. The highest BCUT2D eigenvalue weighted by atomic mass is 35.5. The van der Waals surface area contributed by atoms with Gasteiger partial charge in [0.1, 0.15) is 24.1 Å². The van der Waals surface area contributed by atoms with E-state index >= 15 is 0 Å². The average molecular weight is 564 g/mol. The maximum Gasteiger partial charge on any atom is 0.336 e. The van der Waals surface area contributed by atoms with Crippen molar-refractivity contribution in [3.8, 4) is 5.75 Å². The SMILES string of the molecule is CC1=C(C(=O)OCc2ccccc2OCCS(=O)(=O)[O-])[C@H](c2ccc(Cl)nc2)CC(=O)N1C[C@H]1CCCO1. The van der Waals surface area contributed by atoms with Gasteiger partial charge in [-0.1, -0.05) is 35.9 Å². The molecule has 0 N–H and O–H groups in total. The lowest BCUT2D eigenvalue weighted by Gasteiger charge is -2.35. The molecule has 1 aromatic carbocycles. The molecule has 1 amide bonds. The first kappa shape index (κ1) is 28.0. The maximum atomic E-state index is 13.5. The number of hydrogen-bond donors (Lipinski definition) is 0. The predicted octanol–water partition coefficient (Wildman–Crippen LogP) is 3.17. The van der Waals surface area contributed by atoms with Gasteiger partial charge in [0.15, 0.2) is 0 Å². The summed E-state index contributed by atoms with van der Waals surface area (Å²) in [6, 6.07) is 10.00. The summed E-state index contributed by atoms with van der Waals surface area (Å²) >= 11 is 5.95. The van der Waals surface area contributed by atoms with Crippen LogP contribution >= 0.6 is 11.6 Å². The van der Waals surface area contributed by atoms with E-state index < -0.39 is 27.8 Å². The molecule has 0 spiro atoms. The highest BCUT2D eigenvalue weighted by molar-refractivity contribution is 7.85. The van der Waals surface area contributed by atoms with Crippen molar-refractivity contribution in [1.82, 2.24) is 9.88 Å². The van der Waals surface area contributed by atoms with Gasteiger partial charge in [0.25, 0.3) is 0 Å². The Balaban J connectivity index is 1.57. The van der Waals surface area contributed by atoms with Crippen molar-refractivity contribution >= 4 is 33.6 Å². The van der Waals surface area contributed by atoms with Crippen molar-refractivity contribution < 1.29 is 36.8 Å². The monoisotopic (exact) mass is 563 g/mol. The van der Waals surface area contributed by atoms with Crippen LogP contribution in [0.25, 0.3) is 0 Å². The van der Waals surface area contributed by atoms with Crippen LogP contribution in [0.5, 0.6) is 5.75 Å². The van der Waals surface area contributed by atoms with Gasteiger partial charge in [-0.05, 0) is 37.5 Å². The van der Waals surface area contributed by atoms with Crippen LogP contribution in [-0.2, 0) is 35.8 Å². The molecule has 12 heteroatoms. The first-order valence-electron chi connectivity index (χ1n) is 12.2. The minimum absolute atomic E-state index is 0.0567. The number of esters is 1. The summed E-state index contributed by atoms with van der Waals surface area (Å²) in [6.07, 6.45) is 3.27. The van der Waals surface area contributed by atoms with Crippen LogP contribution in [0.4, 0.5) is 0 Å². The number of halogens is 1. The van der Waals surface area contributed by atoms with Gasteiger partial charge in [-0.2, -0.15) is 0 Å². The van der Waals surface area contributed by atoms with Crippen molar-refractivity contribution in [1.29, 1.82) is 0 Å². The fraction of sp³-hybridized carbons (Fsp3) is 0.423. The topological polar surface area (TPSA) is 135 Å².